The van der Waals surface area contributed by atoms with E-state index in [-0.39, 0.29) is 0 Å². The first-order valence-corrected chi connectivity index (χ1v) is 8.06. The maximum atomic E-state index is 6.31. The van der Waals surface area contributed by atoms with Crippen LogP contribution in [0.4, 0.5) is 5.82 Å². The smallest absolute Gasteiger partial charge is 0.153 e. The van der Waals surface area contributed by atoms with Gasteiger partial charge in [0.05, 0.1) is 26.2 Å². The first-order valence-electron chi connectivity index (χ1n) is 6.49. The molecule has 2 aromatic heterocycles. The van der Waals surface area contributed by atoms with E-state index >= 15 is 0 Å². The van der Waals surface area contributed by atoms with Crippen LogP contribution < -0.4 is 5.73 Å². The topological polar surface area (TPSA) is 54.7 Å². The van der Waals surface area contributed by atoms with E-state index < -0.39 is 0 Å². The molecule has 3 N–H and O–H groups in total. The van der Waals surface area contributed by atoms with Gasteiger partial charge in [-0.3, -0.25) is 5.10 Å². The number of benzene rings is 1. The van der Waals surface area contributed by atoms with Crippen molar-refractivity contribution in [2.75, 3.05) is 5.73 Å². The summed E-state index contributed by atoms with van der Waals surface area (Å²) in [4.78, 5) is 2.37. The van der Waals surface area contributed by atoms with Gasteiger partial charge in [-0.05, 0) is 30.7 Å². The number of thiophene rings is 1. The molecule has 3 rings (SSSR count). The third-order valence-electron chi connectivity index (χ3n) is 3.26. The third-order valence-corrected chi connectivity index (χ3v) is 5.14. The minimum Gasteiger partial charge on any atom is -0.382 e. The van der Waals surface area contributed by atoms with E-state index in [1.165, 1.54) is 4.88 Å². The zero-order valence-corrected chi connectivity index (χ0v) is 13.6. The number of hydrogen-bond acceptors (Lipinski definition) is 3. The molecule has 0 spiro atoms. The second kappa shape index (κ2) is 5.72. The predicted octanol–water partition coefficient (Wildman–Crippen LogP) is 5.26. The van der Waals surface area contributed by atoms with Gasteiger partial charge in [-0.1, -0.05) is 36.2 Å². The largest absolute Gasteiger partial charge is 0.382 e. The fourth-order valence-electron chi connectivity index (χ4n) is 2.23. The Kier molecular flexibility index (Phi) is 3.93. The van der Waals surface area contributed by atoms with Gasteiger partial charge in [0.1, 0.15) is 0 Å². The average Bonchev–Trinajstić information content (AvgIpc) is 3.06. The second-order valence-electron chi connectivity index (χ2n) is 4.58. The Morgan fingerprint density at radius 1 is 1.14 bits per heavy atom. The number of aromatic nitrogens is 2. The van der Waals surface area contributed by atoms with E-state index in [0.717, 1.165) is 22.6 Å². The van der Waals surface area contributed by atoms with Gasteiger partial charge in [-0.25, -0.2) is 0 Å². The van der Waals surface area contributed by atoms with E-state index in [4.69, 9.17) is 28.9 Å². The number of hydrogen-bond donors (Lipinski definition) is 2. The molecule has 0 aliphatic carbocycles. The molecule has 21 heavy (non-hydrogen) atoms. The monoisotopic (exact) mass is 337 g/mol. The Bertz CT molecular complexity index is 772. The molecule has 0 bridgehead atoms. The first kappa shape index (κ1) is 14.4. The van der Waals surface area contributed by atoms with Crippen LogP contribution in [0.5, 0.6) is 0 Å². The van der Waals surface area contributed by atoms with E-state index in [2.05, 4.69) is 29.3 Å². The van der Waals surface area contributed by atoms with Crippen LogP contribution in [0.1, 0.15) is 11.8 Å². The van der Waals surface area contributed by atoms with Crippen LogP contribution in [-0.2, 0) is 6.42 Å². The second-order valence-corrected chi connectivity index (χ2v) is 6.56. The highest BCUT2D eigenvalue weighted by Crippen LogP contribution is 2.43. The lowest BCUT2D eigenvalue weighted by molar-refractivity contribution is 1.11. The molecular formula is C15H13Cl2N3S. The summed E-state index contributed by atoms with van der Waals surface area (Å²) in [5.41, 5.74) is 8.36. The van der Waals surface area contributed by atoms with Crippen molar-refractivity contribution in [2.24, 2.45) is 0 Å². The number of nitrogens with one attached hydrogen (secondary N) is 1. The van der Waals surface area contributed by atoms with Crippen LogP contribution in [0.2, 0.25) is 10.0 Å². The van der Waals surface area contributed by atoms with Gasteiger partial charge >= 0.3 is 0 Å². The maximum Gasteiger partial charge on any atom is 0.153 e. The minimum absolute atomic E-state index is 0.395. The molecule has 0 aliphatic rings. The normalized spacial score (nSPS) is 11.0. The number of halogens is 2. The van der Waals surface area contributed by atoms with Crippen LogP contribution in [0, 0.1) is 0 Å². The standard InChI is InChI=1S/C15H13Cl2N3S/c1-2-8-6-7-11(21-8)14-13(15(18)20-19-14)12-9(16)4-3-5-10(12)17/h3-7H,2H2,1H3,(H3,18,19,20). The number of aryl methyl sites for hydroxylation is 1. The Labute approximate surface area is 136 Å². The van der Waals surface area contributed by atoms with E-state index in [1.807, 2.05) is 6.07 Å². The van der Waals surface area contributed by atoms with Crippen molar-refractivity contribution >= 4 is 40.4 Å². The maximum absolute atomic E-state index is 6.31. The number of nitrogens with zero attached hydrogens (tertiary/aromatic N) is 1. The van der Waals surface area contributed by atoms with Gasteiger partial charge in [0.25, 0.3) is 0 Å². The predicted molar refractivity (Wildman–Crippen MR) is 91.1 cm³/mol. The summed E-state index contributed by atoms with van der Waals surface area (Å²) >= 11 is 14.3. The SMILES string of the molecule is CCc1ccc(-c2[nH]nc(N)c2-c2c(Cl)cccc2Cl)s1. The number of anilines is 1. The molecule has 0 saturated heterocycles. The molecule has 3 nitrogen and oxygen atoms in total. The molecule has 0 fully saturated rings. The molecule has 0 radical (unpaired) electrons. The van der Waals surface area contributed by atoms with Gasteiger partial charge in [-0.2, -0.15) is 5.10 Å². The zero-order chi connectivity index (χ0) is 15.0. The summed E-state index contributed by atoms with van der Waals surface area (Å²) in [7, 11) is 0. The van der Waals surface area contributed by atoms with Gasteiger partial charge in [0, 0.05) is 10.4 Å². The van der Waals surface area contributed by atoms with Gasteiger partial charge in [0.2, 0.25) is 0 Å². The summed E-state index contributed by atoms with van der Waals surface area (Å²) < 4.78 is 0. The molecule has 0 saturated carbocycles. The number of nitrogen functional groups attached to an aromatic ring is 1. The Balaban J connectivity index is 2.22. The van der Waals surface area contributed by atoms with Crippen molar-refractivity contribution in [3.8, 4) is 21.7 Å². The van der Waals surface area contributed by atoms with Crippen LogP contribution in [0.3, 0.4) is 0 Å². The third kappa shape index (κ3) is 2.55. The lowest BCUT2D eigenvalue weighted by Crippen LogP contribution is -1.90. The Morgan fingerprint density at radius 2 is 1.86 bits per heavy atom. The lowest BCUT2D eigenvalue weighted by Gasteiger charge is -2.07. The number of aromatic amines is 1. The molecule has 0 unspecified atom stereocenters. The van der Waals surface area contributed by atoms with E-state index in [9.17, 15) is 0 Å². The van der Waals surface area contributed by atoms with Crippen LogP contribution in [0.25, 0.3) is 21.7 Å². The summed E-state index contributed by atoms with van der Waals surface area (Å²) in [6, 6.07) is 9.57. The van der Waals surface area contributed by atoms with Crippen LogP contribution in [-0.4, -0.2) is 10.2 Å². The Hall–Kier alpha value is -1.49. The fraction of sp³-hybridized carbons (Fsp3) is 0.133. The van der Waals surface area contributed by atoms with Gasteiger partial charge in [0.15, 0.2) is 5.82 Å². The highest BCUT2D eigenvalue weighted by molar-refractivity contribution is 7.15. The summed E-state index contributed by atoms with van der Waals surface area (Å²) in [5.74, 6) is 0.395. The molecular weight excluding hydrogens is 325 g/mol. The van der Waals surface area contributed by atoms with E-state index in [0.29, 0.717) is 21.4 Å². The van der Waals surface area contributed by atoms with Gasteiger partial charge in [-0.15, -0.1) is 11.3 Å². The minimum atomic E-state index is 0.395. The first-order chi connectivity index (χ1) is 10.1. The highest BCUT2D eigenvalue weighted by Gasteiger charge is 2.20. The number of H-pyrrole nitrogens is 1. The van der Waals surface area contributed by atoms with Crippen molar-refractivity contribution in [3.63, 3.8) is 0 Å². The van der Waals surface area contributed by atoms with Gasteiger partial charge < -0.3 is 5.73 Å². The highest BCUT2D eigenvalue weighted by atomic mass is 35.5. The molecule has 1 aromatic carbocycles. The van der Waals surface area contributed by atoms with Crippen molar-refractivity contribution in [1.82, 2.24) is 10.2 Å². The van der Waals surface area contributed by atoms with Crippen molar-refractivity contribution in [1.29, 1.82) is 0 Å². The molecule has 108 valence electrons. The van der Waals surface area contributed by atoms with E-state index in [1.54, 1.807) is 23.5 Å². The quantitative estimate of drug-likeness (QED) is 0.685. The number of nitrogens with two attached hydrogens (primary N) is 1. The molecule has 0 amide bonds. The number of rotatable bonds is 3. The van der Waals surface area contributed by atoms with Crippen LogP contribution >= 0.6 is 34.5 Å². The van der Waals surface area contributed by atoms with Crippen LogP contribution in [0.15, 0.2) is 30.3 Å². The zero-order valence-electron chi connectivity index (χ0n) is 11.3. The van der Waals surface area contributed by atoms with Crippen molar-refractivity contribution in [2.45, 2.75) is 13.3 Å². The summed E-state index contributed by atoms with van der Waals surface area (Å²) in [6.45, 7) is 2.13. The van der Waals surface area contributed by atoms with Crippen molar-refractivity contribution < 1.29 is 0 Å². The lowest BCUT2D eigenvalue weighted by atomic mass is 10.0. The molecule has 0 atom stereocenters. The van der Waals surface area contributed by atoms with Crippen molar-refractivity contribution in [3.05, 3.63) is 45.3 Å². The molecule has 3 aromatic rings. The molecule has 2 heterocycles. The summed E-state index contributed by atoms with van der Waals surface area (Å²) in [5, 5.41) is 8.25. The molecule has 0 aliphatic heterocycles. The Morgan fingerprint density at radius 3 is 2.48 bits per heavy atom. The average molecular weight is 338 g/mol. The summed E-state index contributed by atoms with van der Waals surface area (Å²) in [6.07, 6.45) is 0.996. The fourth-order valence-corrected chi connectivity index (χ4v) is 3.76. The molecule has 6 heteroatoms.